The molecular weight excluding hydrogens is 212 g/mol. The van der Waals surface area contributed by atoms with E-state index in [4.69, 9.17) is 10.2 Å². The minimum absolute atomic E-state index is 0.489. The lowest BCUT2D eigenvalue weighted by Gasteiger charge is -2.26. The molecule has 0 fully saturated rings. The standard InChI is InChI=1S/C14H26N2O/c1-4-5-6-8-16(12(2)3)11-13-7-9-17-14(13)10-15/h7,9,12H,4-6,8,10-11,15H2,1-3H3. The molecule has 0 unspecified atom stereocenters. The highest BCUT2D eigenvalue weighted by molar-refractivity contribution is 5.16. The Balaban J connectivity index is 2.54. The van der Waals surface area contributed by atoms with Crippen LogP contribution >= 0.6 is 0 Å². The van der Waals surface area contributed by atoms with Gasteiger partial charge in [0.25, 0.3) is 0 Å². The molecular formula is C14H26N2O. The molecule has 3 heteroatoms. The summed E-state index contributed by atoms with van der Waals surface area (Å²) in [6, 6.07) is 2.60. The summed E-state index contributed by atoms with van der Waals surface area (Å²) in [7, 11) is 0. The van der Waals surface area contributed by atoms with Crippen molar-refractivity contribution in [2.75, 3.05) is 6.54 Å². The van der Waals surface area contributed by atoms with E-state index < -0.39 is 0 Å². The van der Waals surface area contributed by atoms with Gasteiger partial charge >= 0.3 is 0 Å². The zero-order valence-electron chi connectivity index (χ0n) is 11.4. The molecule has 0 aliphatic carbocycles. The predicted molar refractivity (Wildman–Crippen MR) is 71.7 cm³/mol. The zero-order valence-corrected chi connectivity index (χ0v) is 11.4. The van der Waals surface area contributed by atoms with Gasteiger partial charge in [0.1, 0.15) is 5.76 Å². The summed E-state index contributed by atoms with van der Waals surface area (Å²) in [4.78, 5) is 2.49. The van der Waals surface area contributed by atoms with Crippen LogP contribution in [-0.4, -0.2) is 17.5 Å². The summed E-state index contributed by atoms with van der Waals surface area (Å²) in [6.45, 7) is 9.32. The highest BCUT2D eigenvalue weighted by atomic mass is 16.3. The quantitative estimate of drug-likeness (QED) is 0.707. The smallest absolute Gasteiger partial charge is 0.121 e. The number of rotatable bonds is 8. The van der Waals surface area contributed by atoms with Crippen LogP contribution in [-0.2, 0) is 13.1 Å². The molecule has 0 aliphatic heterocycles. The Hall–Kier alpha value is -0.800. The number of nitrogens with zero attached hydrogens (tertiary/aromatic N) is 1. The minimum atomic E-state index is 0.489. The summed E-state index contributed by atoms with van der Waals surface area (Å²) in [5.74, 6) is 0.922. The minimum Gasteiger partial charge on any atom is -0.468 e. The Kier molecular flexibility index (Phi) is 6.30. The maximum Gasteiger partial charge on any atom is 0.121 e. The van der Waals surface area contributed by atoms with Gasteiger partial charge < -0.3 is 10.2 Å². The maximum absolute atomic E-state index is 5.66. The van der Waals surface area contributed by atoms with Crippen LogP contribution in [0.25, 0.3) is 0 Å². The molecule has 0 saturated heterocycles. The lowest BCUT2D eigenvalue weighted by Crippen LogP contribution is -2.31. The first-order valence-electron chi connectivity index (χ1n) is 6.68. The van der Waals surface area contributed by atoms with Crippen molar-refractivity contribution in [3.8, 4) is 0 Å². The van der Waals surface area contributed by atoms with Crippen LogP contribution in [0.1, 0.15) is 51.4 Å². The first kappa shape index (κ1) is 14.3. The van der Waals surface area contributed by atoms with Crippen molar-refractivity contribution in [1.29, 1.82) is 0 Å². The fourth-order valence-corrected chi connectivity index (χ4v) is 1.99. The molecule has 17 heavy (non-hydrogen) atoms. The first-order chi connectivity index (χ1) is 8.19. The summed E-state index contributed by atoms with van der Waals surface area (Å²) in [5.41, 5.74) is 6.89. The SMILES string of the molecule is CCCCCN(Cc1ccoc1CN)C(C)C. The third-order valence-corrected chi connectivity index (χ3v) is 3.18. The Labute approximate surface area is 105 Å². The molecule has 0 saturated carbocycles. The molecule has 0 bridgehead atoms. The molecule has 1 rings (SSSR count). The molecule has 0 amide bonds. The maximum atomic E-state index is 5.66. The Morgan fingerprint density at radius 2 is 2.12 bits per heavy atom. The number of unbranched alkanes of at least 4 members (excludes halogenated alkanes) is 2. The van der Waals surface area contributed by atoms with Crippen molar-refractivity contribution in [2.45, 2.75) is 59.2 Å². The zero-order chi connectivity index (χ0) is 12.7. The number of nitrogens with two attached hydrogens (primary N) is 1. The largest absolute Gasteiger partial charge is 0.468 e. The van der Waals surface area contributed by atoms with E-state index in [0.717, 1.165) is 18.8 Å². The molecule has 3 nitrogen and oxygen atoms in total. The second-order valence-electron chi connectivity index (χ2n) is 4.84. The highest BCUT2D eigenvalue weighted by Crippen LogP contribution is 2.15. The molecule has 1 heterocycles. The van der Waals surface area contributed by atoms with E-state index in [0.29, 0.717) is 12.6 Å². The number of hydrogen-bond donors (Lipinski definition) is 1. The first-order valence-corrected chi connectivity index (χ1v) is 6.68. The van der Waals surface area contributed by atoms with E-state index in [1.807, 2.05) is 6.07 Å². The summed E-state index contributed by atoms with van der Waals surface area (Å²) in [6.07, 6.45) is 5.58. The van der Waals surface area contributed by atoms with Crippen LogP contribution in [0.3, 0.4) is 0 Å². The van der Waals surface area contributed by atoms with Crippen molar-refractivity contribution in [3.05, 3.63) is 23.7 Å². The Morgan fingerprint density at radius 3 is 2.71 bits per heavy atom. The van der Waals surface area contributed by atoms with Crippen molar-refractivity contribution in [3.63, 3.8) is 0 Å². The van der Waals surface area contributed by atoms with Gasteiger partial charge in [-0.2, -0.15) is 0 Å². The van der Waals surface area contributed by atoms with Gasteiger partial charge in [-0.3, -0.25) is 4.90 Å². The molecule has 1 aromatic heterocycles. The third-order valence-electron chi connectivity index (χ3n) is 3.18. The molecule has 0 radical (unpaired) electrons. The van der Waals surface area contributed by atoms with E-state index >= 15 is 0 Å². The second-order valence-corrected chi connectivity index (χ2v) is 4.84. The fraction of sp³-hybridized carbons (Fsp3) is 0.714. The van der Waals surface area contributed by atoms with Crippen LogP contribution in [0.4, 0.5) is 0 Å². The fourth-order valence-electron chi connectivity index (χ4n) is 1.99. The highest BCUT2D eigenvalue weighted by Gasteiger charge is 2.13. The van der Waals surface area contributed by atoms with Gasteiger partial charge in [0, 0.05) is 18.2 Å². The third kappa shape index (κ3) is 4.52. The van der Waals surface area contributed by atoms with Gasteiger partial charge in [0.2, 0.25) is 0 Å². The van der Waals surface area contributed by atoms with Crippen molar-refractivity contribution in [2.24, 2.45) is 5.73 Å². The van der Waals surface area contributed by atoms with Gasteiger partial charge in [-0.05, 0) is 32.9 Å². The Bertz CT molecular complexity index is 307. The lowest BCUT2D eigenvalue weighted by molar-refractivity contribution is 0.207. The van der Waals surface area contributed by atoms with E-state index in [-0.39, 0.29) is 0 Å². The molecule has 0 aliphatic rings. The van der Waals surface area contributed by atoms with Crippen molar-refractivity contribution >= 4 is 0 Å². The summed E-state index contributed by atoms with van der Waals surface area (Å²) in [5, 5.41) is 0. The normalized spacial score (nSPS) is 11.6. The molecule has 98 valence electrons. The van der Waals surface area contributed by atoms with Crippen LogP contribution in [0.15, 0.2) is 16.7 Å². The number of furan rings is 1. The van der Waals surface area contributed by atoms with Crippen LogP contribution < -0.4 is 5.73 Å². The van der Waals surface area contributed by atoms with E-state index in [1.54, 1.807) is 6.26 Å². The monoisotopic (exact) mass is 238 g/mol. The van der Waals surface area contributed by atoms with Gasteiger partial charge in [-0.15, -0.1) is 0 Å². The number of hydrogen-bond acceptors (Lipinski definition) is 3. The molecule has 0 atom stereocenters. The average Bonchev–Trinajstić information content (AvgIpc) is 2.75. The van der Waals surface area contributed by atoms with E-state index in [2.05, 4.69) is 25.7 Å². The van der Waals surface area contributed by atoms with Crippen LogP contribution in [0.2, 0.25) is 0 Å². The van der Waals surface area contributed by atoms with Gasteiger partial charge in [-0.25, -0.2) is 0 Å². The molecule has 0 spiro atoms. The van der Waals surface area contributed by atoms with E-state index in [1.165, 1.54) is 24.8 Å². The van der Waals surface area contributed by atoms with Crippen LogP contribution in [0.5, 0.6) is 0 Å². The topological polar surface area (TPSA) is 42.4 Å². The molecule has 1 aromatic rings. The molecule has 0 aromatic carbocycles. The van der Waals surface area contributed by atoms with E-state index in [9.17, 15) is 0 Å². The van der Waals surface area contributed by atoms with Crippen LogP contribution in [0, 0.1) is 0 Å². The second kappa shape index (κ2) is 7.51. The predicted octanol–water partition coefficient (Wildman–Crippen LogP) is 3.14. The summed E-state index contributed by atoms with van der Waals surface area (Å²) >= 11 is 0. The van der Waals surface area contributed by atoms with Gasteiger partial charge in [0.05, 0.1) is 12.8 Å². The molecule has 2 N–H and O–H groups in total. The lowest BCUT2D eigenvalue weighted by atomic mass is 10.1. The van der Waals surface area contributed by atoms with Crippen molar-refractivity contribution in [1.82, 2.24) is 4.90 Å². The summed E-state index contributed by atoms with van der Waals surface area (Å²) < 4.78 is 5.37. The average molecular weight is 238 g/mol. The van der Waals surface area contributed by atoms with Gasteiger partial charge in [0.15, 0.2) is 0 Å². The van der Waals surface area contributed by atoms with Crippen molar-refractivity contribution < 1.29 is 4.42 Å². The van der Waals surface area contributed by atoms with Gasteiger partial charge in [-0.1, -0.05) is 19.8 Å². The Morgan fingerprint density at radius 1 is 1.35 bits per heavy atom.